The predicted octanol–water partition coefficient (Wildman–Crippen LogP) is 0.122. The average molecular weight is 109 g/mol. The molecule has 8 heavy (non-hydrogen) atoms. The van der Waals surface area contributed by atoms with Crippen molar-refractivity contribution in [1.82, 2.24) is 5.32 Å². The molecule has 0 aromatic carbocycles. The molecule has 0 aliphatic carbocycles. The summed E-state index contributed by atoms with van der Waals surface area (Å²) in [7, 11) is 0. The van der Waals surface area contributed by atoms with Crippen LogP contribution in [-0.4, -0.2) is 10.8 Å². The monoisotopic (exact) mass is 109 g/mol. The van der Waals surface area contributed by atoms with Gasteiger partial charge in [0, 0.05) is 12.1 Å². The van der Waals surface area contributed by atoms with Gasteiger partial charge in [0.2, 0.25) is 0 Å². The first kappa shape index (κ1) is 4.15. The van der Waals surface area contributed by atoms with Crippen LogP contribution in [0.1, 0.15) is 6.42 Å². The van der Waals surface area contributed by atoms with E-state index in [2.05, 4.69) is 5.32 Å². The molecule has 0 saturated carbocycles. The number of allylic oxidation sites excluding steroid dienone is 1. The molecule has 1 unspecified atom stereocenters. The topological polar surface area (TPSA) is 32.3 Å². The maximum Gasteiger partial charge on any atom is 0.158 e. The molecule has 0 aromatic heterocycles. The van der Waals surface area contributed by atoms with E-state index in [0.29, 0.717) is 0 Å². The van der Waals surface area contributed by atoms with Crippen LogP contribution in [-0.2, 0) is 0 Å². The smallest absolute Gasteiger partial charge is 0.158 e. The van der Waals surface area contributed by atoms with Gasteiger partial charge in [0.15, 0.2) is 5.72 Å². The summed E-state index contributed by atoms with van der Waals surface area (Å²) in [5, 5.41) is 12.2. The maximum atomic E-state index is 9.29. The maximum absolute atomic E-state index is 9.29. The van der Waals surface area contributed by atoms with E-state index in [1.165, 1.54) is 0 Å². The first-order valence-electron chi connectivity index (χ1n) is 2.68. The number of fused-ring (bicyclic) bond motifs is 2. The highest BCUT2D eigenvalue weighted by molar-refractivity contribution is 5.35. The van der Waals surface area contributed by atoms with E-state index >= 15 is 0 Å². The van der Waals surface area contributed by atoms with Crippen LogP contribution in [0.15, 0.2) is 23.9 Å². The molecule has 0 spiro atoms. The van der Waals surface area contributed by atoms with Gasteiger partial charge in [0.05, 0.1) is 0 Å². The second-order valence-corrected chi connectivity index (χ2v) is 2.25. The van der Waals surface area contributed by atoms with Crippen molar-refractivity contribution in [3.8, 4) is 0 Å². The zero-order valence-corrected chi connectivity index (χ0v) is 4.39. The van der Waals surface area contributed by atoms with Crippen LogP contribution in [0.2, 0.25) is 0 Å². The lowest BCUT2D eigenvalue weighted by molar-refractivity contribution is 0.0854. The number of aliphatic hydroxyl groups is 1. The van der Waals surface area contributed by atoms with Crippen LogP contribution in [0.3, 0.4) is 0 Å². The molecule has 2 nitrogen and oxygen atoms in total. The van der Waals surface area contributed by atoms with E-state index < -0.39 is 5.72 Å². The summed E-state index contributed by atoms with van der Waals surface area (Å²) in [6.45, 7) is 0. The highest BCUT2D eigenvalue weighted by Crippen LogP contribution is 2.26. The number of nitrogens with one attached hydrogen (secondary N) is 1. The van der Waals surface area contributed by atoms with Gasteiger partial charge in [0.1, 0.15) is 0 Å². The van der Waals surface area contributed by atoms with E-state index in [1.54, 1.807) is 6.08 Å². The van der Waals surface area contributed by atoms with Crippen LogP contribution in [0, 0.1) is 0 Å². The molecular formula is C6H7NO. The molecule has 2 N–H and O–H groups in total. The molecule has 2 aliphatic heterocycles. The molecule has 0 aromatic rings. The summed E-state index contributed by atoms with van der Waals surface area (Å²) in [6, 6.07) is 0. The van der Waals surface area contributed by atoms with E-state index in [0.717, 1.165) is 12.1 Å². The summed E-state index contributed by atoms with van der Waals surface area (Å²) in [6.07, 6.45) is 6.38. The fourth-order valence-electron chi connectivity index (χ4n) is 1.06. The Bertz CT molecular complexity index is 183. The van der Waals surface area contributed by atoms with Gasteiger partial charge < -0.3 is 10.4 Å². The van der Waals surface area contributed by atoms with Crippen molar-refractivity contribution in [1.29, 1.82) is 0 Å². The molecule has 2 heteroatoms. The summed E-state index contributed by atoms with van der Waals surface area (Å²) < 4.78 is 0. The second kappa shape index (κ2) is 0.977. The minimum atomic E-state index is -0.713. The first-order chi connectivity index (χ1) is 3.79. The Morgan fingerprint density at radius 1 is 1.75 bits per heavy atom. The lowest BCUT2D eigenvalue weighted by atomic mass is 10.1. The van der Waals surface area contributed by atoms with Crippen LogP contribution in [0.25, 0.3) is 0 Å². The third-order valence-corrected chi connectivity index (χ3v) is 1.53. The highest BCUT2D eigenvalue weighted by Gasteiger charge is 2.31. The van der Waals surface area contributed by atoms with Crippen LogP contribution >= 0.6 is 0 Å². The Morgan fingerprint density at radius 2 is 2.62 bits per heavy atom. The third kappa shape index (κ3) is 0.357. The molecular weight excluding hydrogens is 102 g/mol. The lowest BCUT2D eigenvalue weighted by Crippen LogP contribution is -2.33. The number of rotatable bonds is 0. The Balaban J connectivity index is 2.45. The zero-order chi connectivity index (χ0) is 5.61. The van der Waals surface area contributed by atoms with E-state index in [-0.39, 0.29) is 0 Å². The first-order valence-corrected chi connectivity index (χ1v) is 2.68. The van der Waals surface area contributed by atoms with Crippen molar-refractivity contribution in [3.63, 3.8) is 0 Å². The minimum absolute atomic E-state index is 0.713. The second-order valence-electron chi connectivity index (χ2n) is 2.25. The molecule has 2 heterocycles. The van der Waals surface area contributed by atoms with Gasteiger partial charge in [-0.3, -0.25) is 0 Å². The minimum Gasteiger partial charge on any atom is -0.367 e. The Hall–Kier alpha value is -0.760. The number of hydrogen-bond donors (Lipinski definition) is 2. The van der Waals surface area contributed by atoms with Crippen molar-refractivity contribution in [2.75, 3.05) is 0 Å². The van der Waals surface area contributed by atoms with Gasteiger partial charge in [-0.25, -0.2) is 0 Å². The summed E-state index contributed by atoms with van der Waals surface area (Å²) in [4.78, 5) is 0. The highest BCUT2D eigenvalue weighted by atomic mass is 16.3. The summed E-state index contributed by atoms with van der Waals surface area (Å²) in [5.41, 5.74) is 0.336. The molecule has 0 radical (unpaired) electrons. The van der Waals surface area contributed by atoms with Gasteiger partial charge >= 0.3 is 0 Å². The molecule has 0 fully saturated rings. The molecule has 2 bridgehead atoms. The van der Waals surface area contributed by atoms with Gasteiger partial charge in [-0.05, 0) is 12.2 Å². The lowest BCUT2D eigenvalue weighted by Gasteiger charge is -2.14. The summed E-state index contributed by atoms with van der Waals surface area (Å²) in [5.74, 6) is 0. The van der Waals surface area contributed by atoms with Crippen molar-refractivity contribution < 1.29 is 5.11 Å². The van der Waals surface area contributed by atoms with Gasteiger partial charge in [-0.15, -0.1) is 0 Å². The third-order valence-electron chi connectivity index (χ3n) is 1.53. The normalized spacial score (nSPS) is 39.9. The Labute approximate surface area is 47.5 Å². The van der Waals surface area contributed by atoms with Gasteiger partial charge in [-0.2, -0.15) is 0 Å². The SMILES string of the molecule is OC12C=CC(=CC1)N2. The fraction of sp³-hybridized carbons (Fsp3) is 0.333. The van der Waals surface area contributed by atoms with E-state index in [4.69, 9.17) is 0 Å². The predicted molar refractivity (Wildman–Crippen MR) is 29.9 cm³/mol. The number of hydrogen-bond acceptors (Lipinski definition) is 2. The van der Waals surface area contributed by atoms with E-state index in [1.807, 2.05) is 12.2 Å². The van der Waals surface area contributed by atoms with Crippen LogP contribution < -0.4 is 5.32 Å². The van der Waals surface area contributed by atoms with Gasteiger partial charge in [-0.1, -0.05) is 6.08 Å². The van der Waals surface area contributed by atoms with Crippen molar-refractivity contribution in [3.05, 3.63) is 23.9 Å². The van der Waals surface area contributed by atoms with E-state index in [9.17, 15) is 5.11 Å². The Morgan fingerprint density at radius 3 is 2.75 bits per heavy atom. The zero-order valence-electron chi connectivity index (χ0n) is 4.39. The van der Waals surface area contributed by atoms with Crippen molar-refractivity contribution >= 4 is 0 Å². The molecule has 2 rings (SSSR count). The van der Waals surface area contributed by atoms with Crippen LogP contribution in [0.5, 0.6) is 0 Å². The fourth-order valence-corrected chi connectivity index (χ4v) is 1.06. The van der Waals surface area contributed by atoms with Gasteiger partial charge in [0.25, 0.3) is 0 Å². The average Bonchev–Trinajstić information content (AvgIpc) is 2.21. The standard InChI is InChI=1S/C6H7NO/c8-6-3-1-5(7-6)2-4-6/h1-3,7-8H,4H2. The largest absolute Gasteiger partial charge is 0.367 e. The van der Waals surface area contributed by atoms with Crippen molar-refractivity contribution in [2.45, 2.75) is 12.1 Å². The Kier molecular flexibility index (Phi) is 0.507. The van der Waals surface area contributed by atoms with Crippen LogP contribution in [0.4, 0.5) is 0 Å². The van der Waals surface area contributed by atoms with Crippen molar-refractivity contribution in [2.24, 2.45) is 0 Å². The molecule has 1 atom stereocenters. The molecule has 2 aliphatic rings. The molecule has 0 saturated heterocycles. The molecule has 42 valence electrons. The quantitative estimate of drug-likeness (QED) is 0.463. The molecule has 0 amide bonds. The summed E-state index contributed by atoms with van der Waals surface area (Å²) >= 11 is 0.